The Kier molecular flexibility index (Phi) is 4.83. The van der Waals surface area contributed by atoms with Crippen LogP contribution in [0.15, 0.2) is 66.2 Å². The highest BCUT2D eigenvalue weighted by atomic mass is 16.5. The van der Waals surface area contributed by atoms with Gasteiger partial charge in [0.25, 0.3) is 11.8 Å². The van der Waals surface area contributed by atoms with Crippen LogP contribution in [-0.4, -0.2) is 17.8 Å². The van der Waals surface area contributed by atoms with Gasteiger partial charge in [0, 0.05) is 5.56 Å². The second kappa shape index (κ2) is 7.59. The topological polar surface area (TPSA) is 84.5 Å². The van der Waals surface area contributed by atoms with E-state index in [1.807, 2.05) is 22.8 Å². The normalized spacial score (nSPS) is 13.8. The zero-order valence-corrected chi connectivity index (χ0v) is 15.7. The number of rotatable bonds is 4. The van der Waals surface area contributed by atoms with E-state index in [1.54, 1.807) is 24.3 Å². The highest BCUT2D eigenvalue weighted by molar-refractivity contribution is 6.31. The standard InChI is InChI=1S/C23H18N2O4/c1-14-6-9-16-4-2-3-5-18(16)20(14)13-29-17-10-7-15(8-11-17)12-19-21(26)24-23(28)25-22(19)27/h2-12H,13H2,1H3,(H2,24,25,26,27,28). The van der Waals surface area contributed by atoms with Gasteiger partial charge < -0.3 is 4.74 Å². The van der Waals surface area contributed by atoms with Gasteiger partial charge in [0.05, 0.1) is 0 Å². The van der Waals surface area contributed by atoms with Crippen molar-refractivity contribution in [3.05, 3.63) is 82.9 Å². The van der Waals surface area contributed by atoms with Crippen LogP contribution in [0, 0.1) is 6.92 Å². The van der Waals surface area contributed by atoms with Gasteiger partial charge in [-0.05, 0) is 47.0 Å². The van der Waals surface area contributed by atoms with Crippen molar-refractivity contribution >= 4 is 34.7 Å². The van der Waals surface area contributed by atoms with Crippen molar-refractivity contribution in [2.24, 2.45) is 0 Å². The zero-order valence-electron chi connectivity index (χ0n) is 15.7. The summed E-state index contributed by atoms with van der Waals surface area (Å²) in [6.07, 6.45) is 1.43. The molecule has 2 N–H and O–H groups in total. The van der Waals surface area contributed by atoms with Crippen molar-refractivity contribution in [3.8, 4) is 5.75 Å². The lowest BCUT2D eigenvalue weighted by Crippen LogP contribution is -2.51. The minimum absolute atomic E-state index is 0.121. The van der Waals surface area contributed by atoms with Gasteiger partial charge in [0.1, 0.15) is 17.9 Å². The summed E-state index contributed by atoms with van der Waals surface area (Å²) in [6, 6.07) is 18.6. The Labute approximate surface area is 167 Å². The molecule has 1 fully saturated rings. The molecule has 1 aliphatic rings. The Morgan fingerprint density at radius 1 is 0.862 bits per heavy atom. The molecule has 6 nitrogen and oxygen atoms in total. The molecule has 4 amide bonds. The van der Waals surface area contributed by atoms with Crippen molar-refractivity contribution in [2.75, 3.05) is 0 Å². The van der Waals surface area contributed by atoms with Crippen LogP contribution in [0.3, 0.4) is 0 Å². The molecule has 0 atom stereocenters. The summed E-state index contributed by atoms with van der Waals surface area (Å²) in [5.74, 6) is -0.761. The Hall–Kier alpha value is -3.93. The molecule has 0 radical (unpaired) electrons. The number of aryl methyl sites for hydroxylation is 1. The average Bonchev–Trinajstić information content (AvgIpc) is 2.71. The van der Waals surface area contributed by atoms with Crippen LogP contribution in [0.5, 0.6) is 5.75 Å². The molecule has 3 aromatic carbocycles. The molecule has 1 aliphatic heterocycles. The van der Waals surface area contributed by atoms with E-state index in [0.29, 0.717) is 17.9 Å². The van der Waals surface area contributed by atoms with Crippen LogP contribution >= 0.6 is 0 Å². The number of barbiturate groups is 1. The number of imide groups is 2. The van der Waals surface area contributed by atoms with Gasteiger partial charge in [-0.3, -0.25) is 20.2 Å². The molecule has 0 bridgehead atoms. The van der Waals surface area contributed by atoms with Gasteiger partial charge in [0.2, 0.25) is 0 Å². The van der Waals surface area contributed by atoms with Crippen molar-refractivity contribution in [2.45, 2.75) is 13.5 Å². The fourth-order valence-electron chi connectivity index (χ4n) is 3.23. The molecule has 4 rings (SSSR count). The zero-order chi connectivity index (χ0) is 20.4. The SMILES string of the molecule is Cc1ccc2ccccc2c1COc1ccc(C=C2C(=O)NC(=O)NC2=O)cc1. The third kappa shape index (κ3) is 3.87. The van der Waals surface area contributed by atoms with Crippen LogP contribution in [-0.2, 0) is 16.2 Å². The molecule has 0 aromatic heterocycles. The van der Waals surface area contributed by atoms with Crippen molar-refractivity contribution in [1.29, 1.82) is 0 Å². The molecular formula is C23H18N2O4. The number of carbonyl (C=O) groups excluding carboxylic acids is 3. The fraction of sp³-hybridized carbons (Fsp3) is 0.0870. The molecule has 3 aromatic rings. The van der Waals surface area contributed by atoms with Crippen LogP contribution in [0.1, 0.15) is 16.7 Å². The van der Waals surface area contributed by atoms with Crippen molar-refractivity contribution < 1.29 is 19.1 Å². The van der Waals surface area contributed by atoms with E-state index < -0.39 is 17.8 Å². The first-order chi connectivity index (χ1) is 14.0. The smallest absolute Gasteiger partial charge is 0.328 e. The maximum atomic E-state index is 11.8. The van der Waals surface area contributed by atoms with E-state index in [-0.39, 0.29) is 5.57 Å². The highest BCUT2D eigenvalue weighted by Gasteiger charge is 2.27. The van der Waals surface area contributed by atoms with Crippen LogP contribution in [0.2, 0.25) is 0 Å². The molecule has 0 saturated carbocycles. The number of fused-ring (bicyclic) bond motifs is 1. The fourth-order valence-corrected chi connectivity index (χ4v) is 3.23. The number of hydrogen-bond donors (Lipinski definition) is 2. The lowest BCUT2D eigenvalue weighted by molar-refractivity contribution is -0.123. The summed E-state index contributed by atoms with van der Waals surface area (Å²) >= 11 is 0. The summed E-state index contributed by atoms with van der Waals surface area (Å²) in [7, 11) is 0. The molecule has 1 heterocycles. The molecular weight excluding hydrogens is 368 g/mol. The molecule has 0 spiro atoms. The minimum Gasteiger partial charge on any atom is -0.489 e. The van der Waals surface area contributed by atoms with Gasteiger partial charge in [-0.1, -0.05) is 48.5 Å². The van der Waals surface area contributed by atoms with E-state index >= 15 is 0 Å². The van der Waals surface area contributed by atoms with E-state index in [1.165, 1.54) is 11.5 Å². The molecule has 0 aliphatic carbocycles. The molecule has 0 unspecified atom stereocenters. The lowest BCUT2D eigenvalue weighted by Gasteiger charge is -2.14. The van der Waals surface area contributed by atoms with Crippen LogP contribution in [0.25, 0.3) is 16.8 Å². The maximum Gasteiger partial charge on any atom is 0.328 e. The third-order valence-corrected chi connectivity index (χ3v) is 4.79. The summed E-state index contributed by atoms with van der Waals surface area (Å²) in [6.45, 7) is 2.49. The van der Waals surface area contributed by atoms with Gasteiger partial charge >= 0.3 is 6.03 Å². The van der Waals surface area contributed by atoms with Gasteiger partial charge in [-0.2, -0.15) is 0 Å². The Balaban J connectivity index is 1.51. The Morgan fingerprint density at radius 3 is 2.28 bits per heavy atom. The maximum absolute atomic E-state index is 11.8. The van der Waals surface area contributed by atoms with E-state index in [4.69, 9.17) is 4.74 Å². The molecule has 6 heteroatoms. The highest BCUT2D eigenvalue weighted by Crippen LogP contribution is 2.24. The summed E-state index contributed by atoms with van der Waals surface area (Å²) in [5.41, 5.74) is 2.82. The van der Waals surface area contributed by atoms with Crippen molar-refractivity contribution in [3.63, 3.8) is 0 Å². The number of benzene rings is 3. The molecule has 29 heavy (non-hydrogen) atoms. The first-order valence-electron chi connectivity index (χ1n) is 9.10. The average molecular weight is 386 g/mol. The summed E-state index contributed by atoms with van der Waals surface area (Å²) < 4.78 is 5.96. The minimum atomic E-state index is -0.815. The first kappa shape index (κ1) is 18.4. The van der Waals surface area contributed by atoms with E-state index in [9.17, 15) is 14.4 Å². The number of urea groups is 1. The second-order valence-corrected chi connectivity index (χ2v) is 6.74. The van der Waals surface area contributed by atoms with E-state index in [0.717, 1.165) is 16.5 Å². The Bertz CT molecular complexity index is 1140. The van der Waals surface area contributed by atoms with Crippen LogP contribution < -0.4 is 15.4 Å². The molecule has 144 valence electrons. The predicted octanol–water partition coefficient (Wildman–Crippen LogP) is 3.48. The quantitative estimate of drug-likeness (QED) is 0.531. The predicted molar refractivity (Wildman–Crippen MR) is 109 cm³/mol. The molecule has 1 saturated heterocycles. The third-order valence-electron chi connectivity index (χ3n) is 4.79. The van der Waals surface area contributed by atoms with Gasteiger partial charge in [-0.25, -0.2) is 4.79 Å². The van der Waals surface area contributed by atoms with Crippen LogP contribution in [0.4, 0.5) is 4.79 Å². The summed E-state index contributed by atoms with van der Waals surface area (Å²) in [4.78, 5) is 34.7. The monoisotopic (exact) mass is 386 g/mol. The number of amides is 4. The number of carbonyl (C=O) groups is 3. The lowest BCUT2D eigenvalue weighted by atomic mass is 10.0. The first-order valence-corrected chi connectivity index (χ1v) is 9.10. The van der Waals surface area contributed by atoms with Crippen molar-refractivity contribution in [1.82, 2.24) is 10.6 Å². The van der Waals surface area contributed by atoms with Gasteiger partial charge in [-0.15, -0.1) is 0 Å². The largest absolute Gasteiger partial charge is 0.489 e. The number of hydrogen-bond acceptors (Lipinski definition) is 4. The number of ether oxygens (including phenoxy) is 1. The van der Waals surface area contributed by atoms with Gasteiger partial charge in [0.15, 0.2) is 0 Å². The summed E-state index contributed by atoms with van der Waals surface area (Å²) in [5, 5.41) is 6.43. The second-order valence-electron chi connectivity index (χ2n) is 6.74. The Morgan fingerprint density at radius 2 is 1.55 bits per heavy atom. The number of nitrogens with one attached hydrogen (secondary N) is 2. The van der Waals surface area contributed by atoms with E-state index in [2.05, 4.69) is 31.2 Å².